The Morgan fingerprint density at radius 1 is 1.37 bits per heavy atom. The van der Waals surface area contributed by atoms with Gasteiger partial charge in [-0.15, -0.1) is 0 Å². The van der Waals surface area contributed by atoms with Crippen LogP contribution in [0.5, 0.6) is 5.75 Å². The summed E-state index contributed by atoms with van der Waals surface area (Å²) in [5.74, 6) is 1.53. The van der Waals surface area contributed by atoms with Crippen molar-refractivity contribution in [2.24, 2.45) is 0 Å². The molecule has 0 fully saturated rings. The maximum atomic E-state index is 8.54. The standard InChI is InChI=1S/C14H15N3O2/c1-11-8-13(17-19-11)10-16-9-12-4-2-3-5-14(12)18-7-6-15/h2-5,8,16H,7,9-10H2,1H3. The summed E-state index contributed by atoms with van der Waals surface area (Å²) in [5.41, 5.74) is 1.88. The molecule has 0 aliphatic heterocycles. The van der Waals surface area contributed by atoms with Crippen LogP contribution in [0.3, 0.4) is 0 Å². The Morgan fingerprint density at radius 2 is 2.21 bits per heavy atom. The lowest BCUT2D eigenvalue weighted by atomic mass is 10.2. The smallest absolute Gasteiger partial charge is 0.174 e. The molecule has 0 aliphatic rings. The first-order valence-corrected chi connectivity index (χ1v) is 6.00. The van der Waals surface area contributed by atoms with Crippen molar-refractivity contribution in [1.82, 2.24) is 10.5 Å². The third-order valence-corrected chi connectivity index (χ3v) is 2.56. The molecule has 0 unspecified atom stereocenters. The zero-order valence-electron chi connectivity index (χ0n) is 10.7. The quantitative estimate of drug-likeness (QED) is 0.858. The van der Waals surface area contributed by atoms with Gasteiger partial charge in [-0.1, -0.05) is 23.4 Å². The lowest BCUT2D eigenvalue weighted by Crippen LogP contribution is -2.13. The number of para-hydroxylation sites is 1. The summed E-state index contributed by atoms with van der Waals surface area (Å²) >= 11 is 0. The molecule has 19 heavy (non-hydrogen) atoms. The number of nitrogens with one attached hydrogen (secondary N) is 1. The van der Waals surface area contributed by atoms with Gasteiger partial charge in [0, 0.05) is 24.7 Å². The van der Waals surface area contributed by atoms with E-state index in [9.17, 15) is 0 Å². The van der Waals surface area contributed by atoms with Gasteiger partial charge in [-0.05, 0) is 13.0 Å². The maximum Gasteiger partial charge on any atom is 0.174 e. The maximum absolute atomic E-state index is 8.54. The molecule has 98 valence electrons. The Balaban J connectivity index is 1.90. The van der Waals surface area contributed by atoms with Crippen LogP contribution in [0.2, 0.25) is 0 Å². The molecule has 0 amide bonds. The van der Waals surface area contributed by atoms with Crippen molar-refractivity contribution in [3.8, 4) is 11.8 Å². The summed E-state index contributed by atoms with van der Waals surface area (Å²) < 4.78 is 10.4. The van der Waals surface area contributed by atoms with Crippen molar-refractivity contribution in [1.29, 1.82) is 5.26 Å². The zero-order chi connectivity index (χ0) is 13.5. The molecule has 2 aromatic rings. The average molecular weight is 257 g/mol. The third-order valence-electron chi connectivity index (χ3n) is 2.56. The predicted octanol–water partition coefficient (Wildman–Crippen LogP) is 2.18. The molecule has 0 aliphatic carbocycles. The van der Waals surface area contributed by atoms with Gasteiger partial charge in [0.25, 0.3) is 0 Å². The van der Waals surface area contributed by atoms with E-state index >= 15 is 0 Å². The van der Waals surface area contributed by atoms with Gasteiger partial charge in [-0.3, -0.25) is 0 Å². The highest BCUT2D eigenvalue weighted by Crippen LogP contribution is 2.17. The van der Waals surface area contributed by atoms with E-state index in [1.165, 1.54) is 0 Å². The van der Waals surface area contributed by atoms with Gasteiger partial charge >= 0.3 is 0 Å². The van der Waals surface area contributed by atoms with Crippen LogP contribution in [0.25, 0.3) is 0 Å². The summed E-state index contributed by atoms with van der Waals surface area (Å²) in [6.07, 6.45) is 0. The molecular weight excluding hydrogens is 242 g/mol. The minimum Gasteiger partial charge on any atom is -0.478 e. The minimum atomic E-state index is 0.0551. The van der Waals surface area contributed by atoms with Crippen LogP contribution in [0, 0.1) is 18.3 Å². The number of aromatic nitrogens is 1. The Morgan fingerprint density at radius 3 is 2.95 bits per heavy atom. The van der Waals surface area contributed by atoms with E-state index in [0.29, 0.717) is 13.1 Å². The number of rotatable bonds is 6. The number of hydrogen-bond acceptors (Lipinski definition) is 5. The first-order valence-electron chi connectivity index (χ1n) is 6.00. The normalized spacial score (nSPS) is 10.1. The molecule has 2 rings (SSSR count). The van der Waals surface area contributed by atoms with Crippen molar-refractivity contribution < 1.29 is 9.26 Å². The van der Waals surface area contributed by atoms with E-state index in [4.69, 9.17) is 14.5 Å². The SMILES string of the molecule is Cc1cc(CNCc2ccccc2OCC#N)no1. The van der Waals surface area contributed by atoms with Gasteiger partial charge in [0.2, 0.25) is 0 Å². The predicted molar refractivity (Wildman–Crippen MR) is 69.3 cm³/mol. The van der Waals surface area contributed by atoms with Crippen molar-refractivity contribution in [3.05, 3.63) is 47.3 Å². The molecule has 0 spiro atoms. The van der Waals surface area contributed by atoms with Crippen LogP contribution >= 0.6 is 0 Å². The van der Waals surface area contributed by atoms with Gasteiger partial charge in [-0.2, -0.15) is 5.26 Å². The van der Waals surface area contributed by atoms with Gasteiger partial charge in [0.15, 0.2) is 6.61 Å². The number of ether oxygens (including phenoxy) is 1. The zero-order valence-corrected chi connectivity index (χ0v) is 10.7. The average Bonchev–Trinajstić information content (AvgIpc) is 2.83. The van der Waals surface area contributed by atoms with Crippen molar-refractivity contribution in [2.75, 3.05) is 6.61 Å². The molecule has 1 aromatic carbocycles. The largest absolute Gasteiger partial charge is 0.478 e. The van der Waals surface area contributed by atoms with Gasteiger partial charge in [-0.25, -0.2) is 0 Å². The molecule has 0 bridgehead atoms. The monoisotopic (exact) mass is 257 g/mol. The van der Waals surface area contributed by atoms with Crippen LogP contribution < -0.4 is 10.1 Å². The summed E-state index contributed by atoms with van der Waals surface area (Å²) in [7, 11) is 0. The van der Waals surface area contributed by atoms with E-state index in [2.05, 4.69) is 10.5 Å². The van der Waals surface area contributed by atoms with Gasteiger partial charge < -0.3 is 14.6 Å². The Bertz CT molecular complexity index is 572. The second-order valence-corrected chi connectivity index (χ2v) is 4.09. The first kappa shape index (κ1) is 13.1. The van der Waals surface area contributed by atoms with E-state index in [1.807, 2.05) is 43.3 Å². The summed E-state index contributed by atoms with van der Waals surface area (Å²) in [6.45, 7) is 3.19. The highest BCUT2D eigenvalue weighted by molar-refractivity contribution is 5.33. The molecule has 1 aromatic heterocycles. The Labute approximate surface area is 111 Å². The third kappa shape index (κ3) is 3.83. The van der Waals surface area contributed by atoms with Crippen LogP contribution in [0.15, 0.2) is 34.9 Å². The Kier molecular flexibility index (Phi) is 4.54. The van der Waals surface area contributed by atoms with Crippen LogP contribution in [0.4, 0.5) is 0 Å². The van der Waals surface area contributed by atoms with E-state index in [1.54, 1.807) is 0 Å². The summed E-state index contributed by atoms with van der Waals surface area (Å²) in [4.78, 5) is 0. The number of nitriles is 1. The van der Waals surface area contributed by atoms with Gasteiger partial charge in [0.1, 0.15) is 17.6 Å². The first-order chi connectivity index (χ1) is 9.29. The molecule has 1 heterocycles. The van der Waals surface area contributed by atoms with E-state index < -0.39 is 0 Å². The number of benzene rings is 1. The van der Waals surface area contributed by atoms with E-state index in [-0.39, 0.29) is 6.61 Å². The minimum absolute atomic E-state index is 0.0551. The fraction of sp³-hybridized carbons (Fsp3) is 0.286. The second kappa shape index (κ2) is 6.57. The Hall–Kier alpha value is -2.32. The molecule has 0 radical (unpaired) electrons. The van der Waals surface area contributed by atoms with Crippen LogP contribution in [-0.2, 0) is 13.1 Å². The molecule has 0 saturated carbocycles. The highest BCUT2D eigenvalue weighted by Gasteiger charge is 2.04. The molecule has 1 N–H and O–H groups in total. The molecule has 0 atom stereocenters. The lowest BCUT2D eigenvalue weighted by molar-refractivity contribution is 0.362. The van der Waals surface area contributed by atoms with Crippen LogP contribution in [-0.4, -0.2) is 11.8 Å². The van der Waals surface area contributed by atoms with Gasteiger partial charge in [0.05, 0.1) is 5.69 Å². The van der Waals surface area contributed by atoms with Crippen molar-refractivity contribution in [2.45, 2.75) is 20.0 Å². The fourth-order valence-electron chi connectivity index (χ4n) is 1.73. The molecule has 5 heteroatoms. The van der Waals surface area contributed by atoms with Crippen molar-refractivity contribution in [3.63, 3.8) is 0 Å². The summed E-state index contributed by atoms with van der Waals surface area (Å²) in [6, 6.07) is 11.5. The molecule has 0 saturated heterocycles. The second-order valence-electron chi connectivity index (χ2n) is 4.09. The lowest BCUT2D eigenvalue weighted by Gasteiger charge is -2.09. The van der Waals surface area contributed by atoms with E-state index in [0.717, 1.165) is 22.8 Å². The number of nitrogens with zero attached hydrogens (tertiary/aromatic N) is 2. The van der Waals surface area contributed by atoms with Crippen molar-refractivity contribution >= 4 is 0 Å². The highest BCUT2D eigenvalue weighted by atomic mass is 16.5. The number of hydrogen-bond donors (Lipinski definition) is 1. The summed E-state index contributed by atoms with van der Waals surface area (Å²) in [5, 5.41) is 15.7. The molecule has 5 nitrogen and oxygen atoms in total. The van der Waals surface area contributed by atoms with Crippen LogP contribution in [0.1, 0.15) is 17.0 Å². The fourth-order valence-corrected chi connectivity index (χ4v) is 1.73. The number of aryl methyl sites for hydroxylation is 1. The molecular formula is C14H15N3O2. The topological polar surface area (TPSA) is 71.1 Å².